The van der Waals surface area contributed by atoms with Gasteiger partial charge in [0.05, 0.1) is 24.0 Å². The summed E-state index contributed by atoms with van der Waals surface area (Å²) in [5, 5.41) is 14.2. The van der Waals surface area contributed by atoms with Gasteiger partial charge in [0.15, 0.2) is 0 Å². The maximum atomic E-state index is 11.8. The number of aromatic carboxylic acids is 1. The third-order valence-corrected chi connectivity index (χ3v) is 2.83. The second-order valence-corrected chi connectivity index (χ2v) is 4.50. The van der Waals surface area contributed by atoms with Gasteiger partial charge >= 0.3 is 12.0 Å². The molecule has 21 heavy (non-hydrogen) atoms. The second-order valence-electron chi connectivity index (χ2n) is 4.50. The lowest BCUT2D eigenvalue weighted by atomic mass is 10.1. The molecule has 0 aliphatic heterocycles. The van der Waals surface area contributed by atoms with Crippen LogP contribution in [0.1, 0.15) is 15.9 Å². The number of benzene rings is 1. The van der Waals surface area contributed by atoms with Gasteiger partial charge in [0.25, 0.3) is 0 Å². The third kappa shape index (κ3) is 5.41. The number of carbonyl (C=O) groups is 2. The van der Waals surface area contributed by atoms with Crippen molar-refractivity contribution in [2.45, 2.75) is 13.0 Å². The van der Waals surface area contributed by atoms with Crippen LogP contribution in [0.15, 0.2) is 18.2 Å². The molecule has 116 valence electrons. The van der Waals surface area contributed by atoms with Gasteiger partial charge in [0, 0.05) is 20.8 Å². The normalized spacial score (nSPS) is 11.8. The molecule has 0 fully saturated rings. The minimum absolute atomic E-state index is 0.0466. The van der Waals surface area contributed by atoms with Crippen molar-refractivity contribution in [1.82, 2.24) is 5.32 Å². The standard InChI is InChI=1S/C14H20N2O5/c1-9-4-5-12(11(6-9)13(17)18)16-14(19)15-7-10(21-3)8-20-2/h4-6,10H,7-8H2,1-3H3,(H,17,18)(H2,15,16,19). The first-order chi connectivity index (χ1) is 9.97. The Bertz CT molecular complexity index is 504. The SMILES string of the molecule is COCC(CNC(=O)Nc1ccc(C)cc1C(=O)O)OC. The summed E-state index contributed by atoms with van der Waals surface area (Å²) in [4.78, 5) is 22.9. The quantitative estimate of drug-likeness (QED) is 0.708. The molecule has 1 atom stereocenters. The number of nitrogens with one attached hydrogen (secondary N) is 2. The van der Waals surface area contributed by atoms with E-state index in [4.69, 9.17) is 14.6 Å². The van der Waals surface area contributed by atoms with Crippen molar-refractivity contribution >= 4 is 17.7 Å². The lowest BCUT2D eigenvalue weighted by Gasteiger charge is -2.16. The van der Waals surface area contributed by atoms with E-state index in [2.05, 4.69) is 10.6 Å². The maximum absolute atomic E-state index is 11.8. The fourth-order valence-electron chi connectivity index (χ4n) is 1.71. The predicted octanol–water partition coefficient (Wildman–Crippen LogP) is 1.48. The number of urea groups is 1. The summed E-state index contributed by atoms with van der Waals surface area (Å²) in [6.45, 7) is 2.39. The Morgan fingerprint density at radius 3 is 2.62 bits per heavy atom. The minimum Gasteiger partial charge on any atom is -0.478 e. The Morgan fingerprint density at radius 1 is 1.33 bits per heavy atom. The number of carboxylic acid groups (broad SMARTS) is 1. The van der Waals surface area contributed by atoms with Crippen molar-refractivity contribution in [2.75, 3.05) is 32.7 Å². The van der Waals surface area contributed by atoms with Crippen LogP contribution in [0, 0.1) is 6.92 Å². The number of methoxy groups -OCH3 is 2. The zero-order valence-electron chi connectivity index (χ0n) is 12.3. The third-order valence-electron chi connectivity index (χ3n) is 2.83. The van der Waals surface area contributed by atoms with Gasteiger partial charge in [-0.05, 0) is 19.1 Å². The molecule has 0 aliphatic carbocycles. The van der Waals surface area contributed by atoms with Crippen LogP contribution in [-0.4, -0.2) is 50.6 Å². The van der Waals surface area contributed by atoms with E-state index >= 15 is 0 Å². The van der Waals surface area contributed by atoms with Crippen molar-refractivity contribution in [3.05, 3.63) is 29.3 Å². The summed E-state index contributed by atoms with van der Waals surface area (Å²) in [7, 11) is 3.06. The molecule has 0 spiro atoms. The number of carbonyl (C=O) groups excluding carboxylic acids is 1. The fourth-order valence-corrected chi connectivity index (χ4v) is 1.71. The number of anilines is 1. The number of hydrogen-bond donors (Lipinski definition) is 3. The molecule has 3 N–H and O–H groups in total. The first-order valence-corrected chi connectivity index (χ1v) is 6.38. The molecule has 0 radical (unpaired) electrons. The highest BCUT2D eigenvalue weighted by Gasteiger charge is 2.14. The van der Waals surface area contributed by atoms with Crippen LogP contribution < -0.4 is 10.6 Å². The van der Waals surface area contributed by atoms with Crippen LogP contribution in [-0.2, 0) is 9.47 Å². The van der Waals surface area contributed by atoms with E-state index < -0.39 is 12.0 Å². The van der Waals surface area contributed by atoms with Crippen LogP contribution in [0.2, 0.25) is 0 Å². The lowest BCUT2D eigenvalue weighted by Crippen LogP contribution is -2.38. The highest BCUT2D eigenvalue weighted by molar-refractivity contribution is 6.00. The van der Waals surface area contributed by atoms with Gasteiger partial charge in [-0.25, -0.2) is 9.59 Å². The number of hydrogen-bond acceptors (Lipinski definition) is 4. The van der Waals surface area contributed by atoms with Crippen LogP contribution in [0.4, 0.5) is 10.5 Å². The van der Waals surface area contributed by atoms with Crippen molar-refractivity contribution < 1.29 is 24.2 Å². The van der Waals surface area contributed by atoms with Crippen LogP contribution in [0.3, 0.4) is 0 Å². The van der Waals surface area contributed by atoms with E-state index in [-0.39, 0.29) is 23.9 Å². The topological polar surface area (TPSA) is 96.9 Å². The summed E-state index contributed by atoms with van der Waals surface area (Å²) < 4.78 is 10.0. The van der Waals surface area contributed by atoms with Crippen molar-refractivity contribution in [1.29, 1.82) is 0 Å². The van der Waals surface area contributed by atoms with Crippen LogP contribution in [0.5, 0.6) is 0 Å². The smallest absolute Gasteiger partial charge is 0.337 e. The highest BCUT2D eigenvalue weighted by atomic mass is 16.5. The molecule has 2 amide bonds. The Kier molecular flexibility index (Phi) is 6.64. The summed E-state index contributed by atoms with van der Waals surface area (Å²) in [6.07, 6.45) is -0.266. The lowest BCUT2D eigenvalue weighted by molar-refractivity contribution is 0.0307. The van der Waals surface area contributed by atoms with E-state index in [1.165, 1.54) is 20.3 Å². The van der Waals surface area contributed by atoms with E-state index in [0.717, 1.165) is 5.56 Å². The summed E-state index contributed by atoms with van der Waals surface area (Å²) in [5.74, 6) is -1.09. The van der Waals surface area contributed by atoms with Gasteiger partial charge in [0.1, 0.15) is 0 Å². The molecule has 0 bridgehead atoms. The maximum Gasteiger partial charge on any atom is 0.337 e. The molecule has 0 heterocycles. The van der Waals surface area contributed by atoms with Gasteiger partial charge < -0.3 is 25.2 Å². The summed E-state index contributed by atoms with van der Waals surface area (Å²) in [6, 6.07) is 4.28. The Labute approximate surface area is 123 Å². The molecule has 1 rings (SSSR count). The summed E-state index contributed by atoms with van der Waals surface area (Å²) >= 11 is 0. The van der Waals surface area contributed by atoms with Gasteiger partial charge in [0.2, 0.25) is 0 Å². The molecule has 0 saturated heterocycles. The van der Waals surface area contributed by atoms with Crippen molar-refractivity contribution in [3.63, 3.8) is 0 Å². The molecular formula is C14H20N2O5. The zero-order valence-corrected chi connectivity index (χ0v) is 12.3. The molecule has 1 unspecified atom stereocenters. The monoisotopic (exact) mass is 296 g/mol. The average Bonchev–Trinajstić information content (AvgIpc) is 2.45. The molecule has 1 aromatic carbocycles. The van der Waals surface area contributed by atoms with Gasteiger partial charge in [-0.2, -0.15) is 0 Å². The molecular weight excluding hydrogens is 276 g/mol. The molecule has 0 aromatic heterocycles. The number of rotatable bonds is 7. The highest BCUT2D eigenvalue weighted by Crippen LogP contribution is 2.17. The van der Waals surface area contributed by atoms with Crippen LogP contribution in [0.25, 0.3) is 0 Å². The number of carboxylic acids is 1. The second kappa shape index (κ2) is 8.23. The van der Waals surface area contributed by atoms with Crippen LogP contribution >= 0.6 is 0 Å². The average molecular weight is 296 g/mol. The Hall–Kier alpha value is -2.12. The number of aryl methyl sites for hydroxylation is 1. The van der Waals surface area contributed by atoms with E-state index in [9.17, 15) is 9.59 Å². The van der Waals surface area contributed by atoms with E-state index in [1.54, 1.807) is 19.1 Å². The largest absolute Gasteiger partial charge is 0.478 e. The van der Waals surface area contributed by atoms with E-state index in [0.29, 0.717) is 6.61 Å². The molecule has 0 saturated carbocycles. The fraction of sp³-hybridized carbons (Fsp3) is 0.429. The van der Waals surface area contributed by atoms with Gasteiger partial charge in [-0.15, -0.1) is 0 Å². The number of amides is 2. The first-order valence-electron chi connectivity index (χ1n) is 6.38. The van der Waals surface area contributed by atoms with E-state index in [1.807, 2.05) is 0 Å². The zero-order chi connectivity index (χ0) is 15.8. The first kappa shape index (κ1) is 16.9. The molecule has 0 aliphatic rings. The molecule has 1 aromatic rings. The number of ether oxygens (including phenoxy) is 2. The Balaban J connectivity index is 2.65. The van der Waals surface area contributed by atoms with Gasteiger partial charge in [-0.3, -0.25) is 0 Å². The summed E-state index contributed by atoms with van der Waals surface area (Å²) in [5.41, 5.74) is 1.09. The van der Waals surface area contributed by atoms with Gasteiger partial charge in [-0.1, -0.05) is 11.6 Å². The molecule has 7 nitrogen and oxygen atoms in total. The molecule has 7 heteroatoms. The predicted molar refractivity (Wildman–Crippen MR) is 77.8 cm³/mol. The minimum atomic E-state index is -1.09. The Morgan fingerprint density at radius 2 is 2.05 bits per heavy atom. The van der Waals surface area contributed by atoms with Crippen molar-refractivity contribution in [3.8, 4) is 0 Å². The van der Waals surface area contributed by atoms with Crippen molar-refractivity contribution in [2.24, 2.45) is 0 Å².